The number of halogens is 5. The van der Waals surface area contributed by atoms with Crippen molar-refractivity contribution in [2.45, 2.75) is 4.46 Å². The van der Waals surface area contributed by atoms with Gasteiger partial charge in [0.05, 0.1) is 4.46 Å². The van der Waals surface area contributed by atoms with Gasteiger partial charge < -0.3 is 0 Å². The van der Waals surface area contributed by atoms with Crippen molar-refractivity contribution < 1.29 is 0 Å². The minimum Gasteiger partial charge on any atom is -0.110 e. The molecule has 0 radical (unpaired) electrons. The maximum absolute atomic E-state index is 5.52. The highest BCUT2D eigenvalue weighted by Crippen LogP contribution is 2.19. The van der Waals surface area contributed by atoms with Gasteiger partial charge in [-0.1, -0.05) is 34.8 Å². The van der Waals surface area contributed by atoms with Gasteiger partial charge in [-0.05, 0) is 0 Å². The topological polar surface area (TPSA) is 0 Å². The molecular formula is C3H3Cl5Si. The van der Waals surface area contributed by atoms with Crippen molar-refractivity contribution in [2.75, 3.05) is 0 Å². The summed E-state index contributed by atoms with van der Waals surface area (Å²) in [7, 11) is -0.865. The van der Waals surface area contributed by atoms with E-state index in [1.54, 1.807) is 0 Å². The Bertz CT molecular complexity index is 115. The molecule has 0 aromatic heterocycles. The molecule has 0 aliphatic heterocycles. The molecule has 6 heteroatoms. The van der Waals surface area contributed by atoms with E-state index < -0.39 is 14.0 Å². The first-order valence-corrected chi connectivity index (χ1v) is 5.55. The molecule has 0 unspecified atom stereocenters. The summed E-state index contributed by atoms with van der Waals surface area (Å²) in [5.41, 5.74) is 0. The summed E-state index contributed by atoms with van der Waals surface area (Å²) in [6.45, 7) is 0. The second kappa shape index (κ2) is 5.11. The smallest absolute Gasteiger partial charge is 0.110 e. The lowest BCUT2D eigenvalue weighted by atomic mass is 11.2. The number of hydrogen-bond donors (Lipinski definition) is 0. The number of rotatable bonds is 2. The first-order valence-electron chi connectivity index (χ1n) is 2.02. The average molecular weight is 244 g/mol. The van der Waals surface area contributed by atoms with Crippen LogP contribution in [0.4, 0.5) is 0 Å². The first-order chi connectivity index (χ1) is 4.04. The summed E-state index contributed by atoms with van der Waals surface area (Å²) in [5.74, 6) is 0. The second-order valence-corrected chi connectivity index (χ2v) is 7.36. The molecule has 0 rings (SSSR count). The van der Waals surface area contributed by atoms with Gasteiger partial charge >= 0.3 is 0 Å². The van der Waals surface area contributed by atoms with Gasteiger partial charge in [-0.25, -0.2) is 0 Å². The summed E-state index contributed by atoms with van der Waals surface area (Å²) in [6, 6.07) is 0. The van der Waals surface area contributed by atoms with E-state index in [4.69, 9.17) is 58.0 Å². The summed E-state index contributed by atoms with van der Waals surface area (Å²) >= 11 is 26.9. The molecule has 0 aromatic rings. The van der Waals surface area contributed by atoms with E-state index in [2.05, 4.69) is 0 Å². The van der Waals surface area contributed by atoms with E-state index in [0.29, 0.717) is 4.66 Å². The van der Waals surface area contributed by atoms with Crippen LogP contribution in [0, 0.1) is 0 Å². The van der Waals surface area contributed by atoms with Gasteiger partial charge in [-0.3, -0.25) is 0 Å². The normalized spacial score (nSPS) is 11.3. The van der Waals surface area contributed by atoms with Crippen LogP contribution in [0.3, 0.4) is 0 Å². The molecule has 0 nitrogen and oxygen atoms in total. The van der Waals surface area contributed by atoms with Crippen LogP contribution in [-0.2, 0) is 0 Å². The van der Waals surface area contributed by atoms with Crippen LogP contribution in [0.2, 0.25) is 0 Å². The van der Waals surface area contributed by atoms with Crippen LogP contribution < -0.4 is 0 Å². The Hall–Kier alpha value is 1.41. The van der Waals surface area contributed by atoms with E-state index in [1.165, 1.54) is 0 Å². The zero-order valence-electron chi connectivity index (χ0n) is 4.17. The number of alkyl halides is 2. The second-order valence-electron chi connectivity index (χ2n) is 1.26. The van der Waals surface area contributed by atoms with Crippen molar-refractivity contribution >= 4 is 67.5 Å². The molecule has 0 spiro atoms. The van der Waals surface area contributed by atoms with Crippen molar-refractivity contribution in [1.82, 2.24) is 0 Å². The molecule has 0 aliphatic carbocycles. The lowest BCUT2D eigenvalue weighted by Crippen LogP contribution is -2.01. The Morgan fingerprint density at radius 3 is 1.67 bits per heavy atom. The highest BCUT2D eigenvalue weighted by molar-refractivity contribution is 6.81. The van der Waals surface area contributed by atoms with Gasteiger partial charge in [0.15, 0.2) is 0 Å². The highest BCUT2D eigenvalue weighted by Gasteiger charge is 2.05. The molecular weight excluding hydrogens is 241 g/mol. The number of hydrogen-bond acceptors (Lipinski definition) is 0. The molecule has 0 aromatic carbocycles. The SMILES string of the molecule is ClC(Cl)=C(Cl)[SiH2]C(Cl)Cl. The van der Waals surface area contributed by atoms with Gasteiger partial charge in [0.2, 0.25) is 0 Å². The van der Waals surface area contributed by atoms with Crippen LogP contribution >= 0.6 is 58.0 Å². The quantitative estimate of drug-likeness (QED) is 0.517. The zero-order valence-corrected chi connectivity index (χ0v) is 9.37. The monoisotopic (exact) mass is 242 g/mol. The minimum atomic E-state index is -0.865. The van der Waals surface area contributed by atoms with E-state index >= 15 is 0 Å². The standard InChI is InChI=1S/C3H3Cl5Si/c4-1(5)2(6)9-3(7)8/h3H,9H2. The van der Waals surface area contributed by atoms with Crippen molar-refractivity contribution in [1.29, 1.82) is 0 Å². The Morgan fingerprint density at radius 2 is 1.56 bits per heavy atom. The van der Waals surface area contributed by atoms with Crippen molar-refractivity contribution in [2.24, 2.45) is 0 Å². The molecule has 0 amide bonds. The van der Waals surface area contributed by atoms with Crippen molar-refractivity contribution in [3.8, 4) is 0 Å². The van der Waals surface area contributed by atoms with E-state index in [-0.39, 0.29) is 4.49 Å². The Morgan fingerprint density at radius 1 is 1.11 bits per heavy atom. The third-order valence-electron chi connectivity index (χ3n) is 0.539. The van der Waals surface area contributed by atoms with E-state index in [1.807, 2.05) is 0 Å². The third-order valence-corrected chi connectivity index (χ3v) is 4.23. The Kier molecular flexibility index (Phi) is 5.91. The van der Waals surface area contributed by atoms with Gasteiger partial charge in [0.25, 0.3) is 0 Å². The van der Waals surface area contributed by atoms with E-state index in [9.17, 15) is 0 Å². The molecule has 0 heterocycles. The molecule has 9 heavy (non-hydrogen) atoms. The fourth-order valence-electron chi connectivity index (χ4n) is 0.213. The molecule has 0 saturated carbocycles. The maximum atomic E-state index is 5.52. The van der Waals surface area contributed by atoms with Crippen LogP contribution in [0.15, 0.2) is 9.15 Å². The molecule has 0 saturated heterocycles. The van der Waals surface area contributed by atoms with Crippen LogP contribution in [0.25, 0.3) is 0 Å². The van der Waals surface area contributed by atoms with E-state index in [0.717, 1.165) is 0 Å². The van der Waals surface area contributed by atoms with Gasteiger partial charge in [-0.2, -0.15) is 0 Å². The Balaban J connectivity index is 3.77. The van der Waals surface area contributed by atoms with Crippen molar-refractivity contribution in [3.63, 3.8) is 0 Å². The Labute approximate surface area is 80.9 Å². The molecule has 54 valence electrons. The van der Waals surface area contributed by atoms with Crippen LogP contribution in [-0.4, -0.2) is 14.0 Å². The van der Waals surface area contributed by atoms with Gasteiger partial charge in [0.1, 0.15) is 14.0 Å². The maximum Gasteiger partial charge on any atom is 0.116 e. The molecule has 0 aliphatic rings. The van der Waals surface area contributed by atoms with Crippen LogP contribution in [0.5, 0.6) is 0 Å². The minimum absolute atomic E-state index is 0.0784. The largest absolute Gasteiger partial charge is 0.116 e. The lowest BCUT2D eigenvalue weighted by molar-refractivity contribution is 1.87. The van der Waals surface area contributed by atoms with Gasteiger partial charge in [-0.15, -0.1) is 23.2 Å². The molecule has 0 fully saturated rings. The first kappa shape index (κ1) is 10.4. The predicted molar refractivity (Wildman–Crippen MR) is 48.6 cm³/mol. The summed E-state index contributed by atoms with van der Waals surface area (Å²) in [6.07, 6.45) is 0. The van der Waals surface area contributed by atoms with Crippen molar-refractivity contribution in [3.05, 3.63) is 9.15 Å². The summed E-state index contributed by atoms with van der Waals surface area (Å²) in [4.78, 5) is 0. The zero-order chi connectivity index (χ0) is 7.44. The van der Waals surface area contributed by atoms with Gasteiger partial charge in [0, 0.05) is 4.66 Å². The molecule has 0 N–H and O–H groups in total. The average Bonchev–Trinajstić information content (AvgIpc) is 1.63. The highest BCUT2D eigenvalue weighted by atomic mass is 35.5. The molecule has 0 atom stereocenters. The predicted octanol–water partition coefficient (Wildman–Crippen LogP) is 2.76. The lowest BCUT2D eigenvalue weighted by Gasteiger charge is -1.96. The summed E-state index contributed by atoms with van der Waals surface area (Å²) < 4.78 is 0.0907. The fourth-order valence-corrected chi connectivity index (χ4v) is 2.96. The molecule has 0 bridgehead atoms. The summed E-state index contributed by atoms with van der Waals surface area (Å²) in [5, 5.41) is 0. The van der Waals surface area contributed by atoms with Crippen LogP contribution in [0.1, 0.15) is 0 Å². The third kappa shape index (κ3) is 5.83. The fraction of sp³-hybridized carbons (Fsp3) is 0.333.